The smallest absolute Gasteiger partial charge is 0.390 e. The predicted molar refractivity (Wildman–Crippen MR) is 52.2 cm³/mol. The Hall–Kier alpha value is -2.39. The molecule has 98 valence electrons. The van der Waals surface area contributed by atoms with E-state index in [-0.39, 0.29) is 0 Å². The maximum Gasteiger partial charge on any atom is 0.435 e. The Balaban J connectivity index is 2.58. The van der Waals surface area contributed by atoms with Gasteiger partial charge in [0.2, 0.25) is 0 Å². The Morgan fingerprint density at radius 3 is 2.72 bits per heavy atom. The summed E-state index contributed by atoms with van der Waals surface area (Å²) in [5, 5.41) is 12.3. The molecule has 1 aromatic heterocycles. The zero-order chi connectivity index (χ0) is 13.7. The molecule has 1 heterocycles. The fourth-order valence-electron chi connectivity index (χ4n) is 1.05. The molecule has 0 aliphatic heterocycles. The Bertz CT molecular complexity index is 496. The zero-order valence-electron chi connectivity index (χ0n) is 8.77. The number of aromatic nitrogens is 2. The molecule has 1 aromatic rings. The van der Waals surface area contributed by atoms with Crippen LogP contribution >= 0.6 is 0 Å². The number of hydrogen-bond donors (Lipinski definition) is 1. The minimum atomic E-state index is -2.52. The van der Waals surface area contributed by atoms with E-state index in [1.165, 1.54) is 6.20 Å². The minimum Gasteiger partial charge on any atom is -0.390 e. The van der Waals surface area contributed by atoms with E-state index in [2.05, 4.69) is 4.98 Å². The van der Waals surface area contributed by atoms with Gasteiger partial charge in [0, 0.05) is 0 Å². The molecule has 7 nitrogen and oxygen atoms in total. The monoisotopic (exact) mass is 264 g/mol. The molecule has 0 bridgehead atoms. The highest BCUT2D eigenvalue weighted by Gasteiger charge is 2.17. The third-order valence-electron chi connectivity index (χ3n) is 1.82. The van der Waals surface area contributed by atoms with Crippen molar-refractivity contribution in [2.45, 2.75) is 6.54 Å². The third kappa shape index (κ3) is 3.57. The summed E-state index contributed by atoms with van der Waals surface area (Å²) in [5.74, 6) is -3.19. The first-order chi connectivity index (χ1) is 8.41. The number of carbonyl (C=O) groups is 1. The first-order valence-electron chi connectivity index (χ1n) is 4.53. The van der Waals surface area contributed by atoms with Crippen LogP contribution in [0, 0.1) is 10.1 Å². The highest BCUT2D eigenvalue weighted by molar-refractivity contribution is 5.76. The molecule has 0 spiro atoms. The van der Waals surface area contributed by atoms with E-state index in [4.69, 9.17) is 0 Å². The topological polar surface area (TPSA) is 90.1 Å². The molecule has 10 heteroatoms. The summed E-state index contributed by atoms with van der Waals surface area (Å²) < 4.78 is 36.6. The van der Waals surface area contributed by atoms with Crippen LogP contribution < -0.4 is 5.32 Å². The molecule has 0 aliphatic rings. The van der Waals surface area contributed by atoms with Gasteiger partial charge in [0.25, 0.3) is 5.91 Å². The fraction of sp³-hybridized carbons (Fsp3) is 0.250. The molecule has 0 fully saturated rings. The van der Waals surface area contributed by atoms with Gasteiger partial charge >= 0.3 is 12.0 Å². The van der Waals surface area contributed by atoms with Crippen molar-refractivity contribution in [3.05, 3.63) is 34.4 Å². The van der Waals surface area contributed by atoms with Crippen molar-refractivity contribution >= 4 is 11.9 Å². The summed E-state index contributed by atoms with van der Waals surface area (Å²) in [4.78, 5) is 24.2. The van der Waals surface area contributed by atoms with Gasteiger partial charge in [-0.15, -0.1) is 0 Å². The Kier molecular flexibility index (Phi) is 4.40. The SMILES string of the molecule is O=C(Cn1ccnc1[N+](=O)[O-])NCC(F)=C(F)F. The Labute approximate surface area is 98.1 Å². The molecule has 1 amide bonds. The lowest BCUT2D eigenvalue weighted by Crippen LogP contribution is -2.29. The lowest BCUT2D eigenvalue weighted by Gasteiger charge is -2.03. The quantitative estimate of drug-likeness (QED) is 0.634. The van der Waals surface area contributed by atoms with Crippen LogP contribution in [0.15, 0.2) is 24.3 Å². The van der Waals surface area contributed by atoms with Crippen LogP contribution in [0.5, 0.6) is 0 Å². The highest BCUT2D eigenvalue weighted by atomic mass is 19.3. The second-order valence-electron chi connectivity index (χ2n) is 3.05. The summed E-state index contributed by atoms with van der Waals surface area (Å²) in [6.07, 6.45) is -0.254. The zero-order valence-corrected chi connectivity index (χ0v) is 8.77. The highest BCUT2D eigenvalue weighted by Crippen LogP contribution is 2.08. The van der Waals surface area contributed by atoms with Crippen molar-refractivity contribution in [2.75, 3.05) is 6.54 Å². The number of imidazole rings is 1. The van der Waals surface area contributed by atoms with Gasteiger partial charge in [-0.2, -0.15) is 8.78 Å². The van der Waals surface area contributed by atoms with Crippen LogP contribution in [-0.4, -0.2) is 26.9 Å². The van der Waals surface area contributed by atoms with Crippen molar-refractivity contribution in [1.29, 1.82) is 0 Å². The molecule has 1 N–H and O–H groups in total. The second kappa shape index (κ2) is 5.80. The van der Waals surface area contributed by atoms with Crippen molar-refractivity contribution < 1.29 is 22.9 Å². The molecular formula is C8H7F3N4O3. The van der Waals surface area contributed by atoms with Crippen molar-refractivity contribution in [3.8, 4) is 0 Å². The molecule has 0 radical (unpaired) electrons. The van der Waals surface area contributed by atoms with E-state index >= 15 is 0 Å². The third-order valence-corrected chi connectivity index (χ3v) is 1.82. The summed E-state index contributed by atoms with van der Waals surface area (Å²) in [6.45, 7) is -1.48. The Morgan fingerprint density at radius 1 is 1.50 bits per heavy atom. The van der Waals surface area contributed by atoms with Crippen LogP contribution in [0.3, 0.4) is 0 Å². The first kappa shape index (κ1) is 13.7. The van der Waals surface area contributed by atoms with Crippen LogP contribution in [0.4, 0.5) is 19.1 Å². The predicted octanol–water partition coefficient (Wildman–Crippen LogP) is 0.985. The van der Waals surface area contributed by atoms with Crippen molar-refractivity contribution in [1.82, 2.24) is 14.9 Å². The first-order valence-corrected chi connectivity index (χ1v) is 4.53. The van der Waals surface area contributed by atoms with Gasteiger partial charge in [-0.1, -0.05) is 4.98 Å². The molecule has 0 atom stereocenters. The lowest BCUT2D eigenvalue weighted by atomic mass is 10.5. The van der Waals surface area contributed by atoms with E-state index in [1.54, 1.807) is 0 Å². The minimum absolute atomic E-state index is 0.516. The van der Waals surface area contributed by atoms with Crippen molar-refractivity contribution in [2.24, 2.45) is 0 Å². The number of carbonyl (C=O) groups excluding carboxylic acids is 1. The van der Waals surface area contributed by atoms with Gasteiger partial charge in [0.15, 0.2) is 12.4 Å². The van der Waals surface area contributed by atoms with Gasteiger partial charge in [-0.25, -0.2) is 8.96 Å². The average molecular weight is 264 g/mol. The van der Waals surface area contributed by atoms with Gasteiger partial charge in [-0.3, -0.25) is 4.79 Å². The van der Waals surface area contributed by atoms with E-state index in [0.29, 0.717) is 0 Å². The molecule has 0 saturated heterocycles. The van der Waals surface area contributed by atoms with E-state index in [0.717, 1.165) is 10.8 Å². The maximum absolute atomic E-state index is 12.4. The van der Waals surface area contributed by atoms with Gasteiger partial charge < -0.3 is 15.4 Å². The van der Waals surface area contributed by atoms with Crippen LogP contribution in [0.25, 0.3) is 0 Å². The maximum atomic E-state index is 12.4. The number of hydrogen-bond acceptors (Lipinski definition) is 4. The van der Waals surface area contributed by atoms with E-state index < -0.39 is 41.8 Å². The van der Waals surface area contributed by atoms with E-state index in [9.17, 15) is 28.1 Å². The Morgan fingerprint density at radius 2 is 2.17 bits per heavy atom. The lowest BCUT2D eigenvalue weighted by molar-refractivity contribution is -0.396. The normalized spacial score (nSPS) is 9.94. The number of nitro groups is 1. The largest absolute Gasteiger partial charge is 0.435 e. The number of nitrogens with one attached hydrogen (secondary N) is 1. The van der Waals surface area contributed by atoms with Crippen LogP contribution in [0.1, 0.15) is 0 Å². The number of amides is 1. The average Bonchev–Trinajstić information content (AvgIpc) is 2.73. The summed E-state index contributed by atoms with van der Waals surface area (Å²) in [5.41, 5.74) is 0. The molecule has 0 aliphatic carbocycles. The summed E-state index contributed by atoms with van der Waals surface area (Å²) in [6, 6.07) is 0. The number of rotatable bonds is 5. The van der Waals surface area contributed by atoms with Crippen LogP contribution in [-0.2, 0) is 11.3 Å². The number of nitrogens with zero attached hydrogens (tertiary/aromatic N) is 3. The van der Waals surface area contributed by atoms with Gasteiger partial charge in [0.1, 0.15) is 12.4 Å². The van der Waals surface area contributed by atoms with Gasteiger partial charge in [0.05, 0.1) is 6.54 Å². The molecule has 1 rings (SSSR count). The van der Waals surface area contributed by atoms with E-state index in [1.807, 2.05) is 5.32 Å². The standard InChI is InChI=1S/C8H7F3N4O3/c9-5(7(10)11)3-13-6(16)4-14-2-1-12-8(14)15(17)18/h1-2H,3-4H2,(H,13,16). The molecule has 0 aromatic carbocycles. The molecule has 0 unspecified atom stereocenters. The molecular weight excluding hydrogens is 257 g/mol. The summed E-state index contributed by atoms with van der Waals surface area (Å²) in [7, 11) is 0. The van der Waals surface area contributed by atoms with Crippen LogP contribution in [0.2, 0.25) is 0 Å². The second-order valence-corrected chi connectivity index (χ2v) is 3.05. The molecule has 0 saturated carbocycles. The summed E-state index contributed by atoms with van der Waals surface area (Å²) >= 11 is 0. The van der Waals surface area contributed by atoms with Crippen molar-refractivity contribution in [3.63, 3.8) is 0 Å². The molecule has 18 heavy (non-hydrogen) atoms. The van der Waals surface area contributed by atoms with Gasteiger partial charge in [-0.05, 0) is 4.92 Å². The fourth-order valence-corrected chi connectivity index (χ4v) is 1.05. The number of halogens is 3.